The summed E-state index contributed by atoms with van der Waals surface area (Å²) in [4.78, 5) is 84.2. The number of carboxylic acid groups (broad SMARTS) is 1. The van der Waals surface area contributed by atoms with Crippen LogP contribution in [0, 0.1) is 28.1 Å². The van der Waals surface area contributed by atoms with Gasteiger partial charge in [0.05, 0.1) is 31.3 Å². The first-order valence-corrected chi connectivity index (χ1v) is 37.3. The molecule has 1 aromatic carbocycles. The number of H-pyrrole nitrogens is 3. The second-order valence-electron chi connectivity index (χ2n) is 25.9. The van der Waals surface area contributed by atoms with E-state index in [9.17, 15) is 96.7 Å². The third-order valence-corrected chi connectivity index (χ3v) is 19.0. The zero-order valence-corrected chi connectivity index (χ0v) is 63.3. The van der Waals surface area contributed by atoms with Crippen LogP contribution in [0.1, 0.15) is 104 Å². The monoisotopic (exact) mass is 1590 g/mol. The summed E-state index contributed by atoms with van der Waals surface area (Å²) in [5.74, 6) is -18.6. The summed E-state index contributed by atoms with van der Waals surface area (Å²) in [6.45, 7) is 9.03. The maximum absolute atomic E-state index is 12.6. The molecule has 0 bridgehead atoms. The minimum atomic E-state index is -2.07. The number of aromatic amines is 3. The van der Waals surface area contributed by atoms with Gasteiger partial charge < -0.3 is 118 Å². The Hall–Kier alpha value is -11.4. The van der Waals surface area contributed by atoms with Crippen LogP contribution < -0.4 is 11.1 Å². The Kier molecular flexibility index (Phi) is 36.0. The summed E-state index contributed by atoms with van der Waals surface area (Å²) in [7, 11) is 1.69. The van der Waals surface area contributed by atoms with Crippen molar-refractivity contribution in [3.63, 3.8) is 0 Å². The molecule has 15 unspecified atom stereocenters. The number of aliphatic hydroxyl groups excluding tert-OH is 17. The molecular formula is C67H99N23O19S2. The van der Waals surface area contributed by atoms with Crippen LogP contribution in [0.2, 0.25) is 0 Å². The largest absolute Gasteiger partial charge is 0.497 e. The summed E-state index contributed by atoms with van der Waals surface area (Å²) < 4.78 is 0. The summed E-state index contributed by atoms with van der Waals surface area (Å²) in [6, 6.07) is -13.6. The molecule has 5 rings (SSSR count). The highest BCUT2D eigenvalue weighted by Gasteiger charge is 2.34. The first kappa shape index (κ1) is 90.2. The zero-order chi connectivity index (χ0) is 82.3. The average Bonchev–Trinajstić information content (AvgIpc) is 1.72. The van der Waals surface area contributed by atoms with Crippen LogP contribution in [0.3, 0.4) is 0 Å². The number of aliphatic hydroxyl groups is 17. The number of carboxylic acids is 1. The number of para-hydroxylation sites is 1. The van der Waals surface area contributed by atoms with Crippen molar-refractivity contribution < 1.29 is 96.7 Å². The number of aliphatic carboxylic acids is 1. The van der Waals surface area contributed by atoms with Gasteiger partial charge in [0.15, 0.2) is 29.8 Å². The number of benzene rings is 1. The topological polar surface area (TPSA) is 725 Å². The SMILES string of the molecule is CCC(C)C(N=C(C)O)C(O)=NC1CSSCC(C(O)=NC(C(=N)O)C(C)O)N=C(O)C(CCCNC(=N)N)N=C(O)C(Cc2cnc[nH]2)N=C(O)C(Cc2cnc[nH]2)N=C(O)CN=C(O)C(Cc2c[nH]c3ccccc23)N=C(O)C(CC(=O)O)N=C(O)C(CCC(=N)O)N=C(O)C(C(C)O)N=C(O)C(C(C)C)N=C1O. The van der Waals surface area contributed by atoms with Crippen molar-refractivity contribution in [3.05, 3.63) is 72.5 Å². The first-order chi connectivity index (χ1) is 52.5. The number of rotatable bonds is 26. The predicted molar refractivity (Wildman–Crippen MR) is 427 cm³/mol. The summed E-state index contributed by atoms with van der Waals surface area (Å²) in [5.41, 5.74) is 7.22. The molecule has 608 valence electrons. The summed E-state index contributed by atoms with van der Waals surface area (Å²) in [5, 5.41) is 232. The van der Waals surface area contributed by atoms with Crippen LogP contribution in [-0.4, -0.2) is 327 Å². The van der Waals surface area contributed by atoms with E-state index in [4.69, 9.17) is 22.0 Å². The number of aliphatic imine (C=N–C) groups is 13. The van der Waals surface area contributed by atoms with E-state index in [1.165, 1.54) is 45.8 Å². The number of aromatic nitrogens is 5. The van der Waals surface area contributed by atoms with Crippen molar-refractivity contribution in [2.24, 2.45) is 82.5 Å². The normalized spacial score (nSPS) is 23.8. The van der Waals surface area contributed by atoms with E-state index in [1.54, 1.807) is 44.3 Å². The highest BCUT2D eigenvalue weighted by molar-refractivity contribution is 8.76. The van der Waals surface area contributed by atoms with Crippen molar-refractivity contribution in [2.75, 3.05) is 24.6 Å². The maximum Gasteiger partial charge on any atom is 0.306 e. The van der Waals surface area contributed by atoms with Gasteiger partial charge in [-0.25, -0.2) is 74.9 Å². The zero-order valence-electron chi connectivity index (χ0n) is 61.7. The van der Waals surface area contributed by atoms with E-state index in [-0.39, 0.29) is 38.6 Å². The fourth-order valence-corrected chi connectivity index (χ4v) is 12.8. The Bertz CT molecular complexity index is 4150. The van der Waals surface area contributed by atoms with E-state index < -0.39 is 234 Å². The quantitative estimate of drug-likeness (QED) is 0.0149. The number of nitrogens with one attached hydrogen (secondary N) is 7. The van der Waals surface area contributed by atoms with Gasteiger partial charge in [0.2, 0.25) is 76.7 Å². The lowest BCUT2D eigenvalue weighted by Gasteiger charge is -2.22. The van der Waals surface area contributed by atoms with Crippen LogP contribution in [-0.2, 0) is 24.1 Å². The molecule has 27 N–H and O–H groups in total. The van der Waals surface area contributed by atoms with E-state index in [0.717, 1.165) is 35.4 Å². The number of hydrogen-bond donors (Lipinski definition) is 26. The Morgan fingerprint density at radius 1 is 0.631 bits per heavy atom. The molecule has 0 saturated heterocycles. The summed E-state index contributed by atoms with van der Waals surface area (Å²) in [6.07, 6.45) is 0.273. The molecule has 4 heterocycles. The second kappa shape index (κ2) is 44.3. The van der Waals surface area contributed by atoms with E-state index >= 15 is 0 Å². The van der Waals surface area contributed by atoms with Gasteiger partial charge in [-0.05, 0) is 56.6 Å². The van der Waals surface area contributed by atoms with Crippen molar-refractivity contribution in [1.82, 2.24) is 30.2 Å². The van der Waals surface area contributed by atoms with Crippen molar-refractivity contribution in [2.45, 2.75) is 191 Å². The van der Waals surface area contributed by atoms with Gasteiger partial charge in [-0.3, -0.25) is 21.0 Å². The number of fused-ring (bicyclic) bond motifs is 1. The van der Waals surface area contributed by atoms with Crippen molar-refractivity contribution in [3.8, 4) is 0 Å². The minimum absolute atomic E-state index is 0.0154. The number of nitrogens with two attached hydrogens (primary N) is 1. The van der Waals surface area contributed by atoms with Crippen molar-refractivity contribution in [1.29, 1.82) is 16.2 Å². The molecule has 1 aliphatic heterocycles. The molecule has 0 aliphatic carbocycles. The Balaban J connectivity index is 1.88. The molecular weight excluding hydrogens is 1500 g/mol. The van der Waals surface area contributed by atoms with Gasteiger partial charge >= 0.3 is 5.97 Å². The van der Waals surface area contributed by atoms with E-state index in [1.807, 2.05) is 0 Å². The Morgan fingerprint density at radius 3 is 1.73 bits per heavy atom. The third kappa shape index (κ3) is 29.5. The Labute approximate surface area is 643 Å². The van der Waals surface area contributed by atoms with Gasteiger partial charge in [0.1, 0.15) is 67.0 Å². The molecule has 0 spiro atoms. The lowest BCUT2D eigenvalue weighted by atomic mass is 9.99. The van der Waals surface area contributed by atoms with Gasteiger partial charge in [0, 0.05) is 91.5 Å². The van der Waals surface area contributed by atoms with Crippen LogP contribution in [0.25, 0.3) is 10.9 Å². The number of carbonyl (C=O) groups is 1. The van der Waals surface area contributed by atoms with Crippen LogP contribution in [0.15, 0.2) is 120 Å². The highest BCUT2D eigenvalue weighted by Crippen LogP contribution is 2.28. The molecule has 42 nitrogen and oxygen atoms in total. The number of guanidine groups is 1. The molecule has 0 amide bonds. The van der Waals surface area contributed by atoms with Crippen molar-refractivity contribution >= 4 is 133 Å². The lowest BCUT2D eigenvalue weighted by molar-refractivity contribution is -0.137. The molecule has 0 fully saturated rings. The second-order valence-corrected chi connectivity index (χ2v) is 28.5. The molecule has 1 aliphatic rings. The summed E-state index contributed by atoms with van der Waals surface area (Å²) >= 11 is 0. The van der Waals surface area contributed by atoms with Crippen LogP contribution in [0.4, 0.5) is 0 Å². The first-order valence-electron chi connectivity index (χ1n) is 34.8. The van der Waals surface area contributed by atoms with Gasteiger partial charge in [-0.15, -0.1) is 0 Å². The van der Waals surface area contributed by atoms with Crippen LogP contribution >= 0.6 is 21.6 Å². The van der Waals surface area contributed by atoms with Crippen LogP contribution in [0.5, 0.6) is 0 Å². The van der Waals surface area contributed by atoms with E-state index in [0.29, 0.717) is 34.3 Å². The molecule has 15 atom stereocenters. The third-order valence-electron chi connectivity index (χ3n) is 16.6. The highest BCUT2D eigenvalue weighted by atomic mass is 33.1. The predicted octanol–water partition coefficient (Wildman–Crippen LogP) is 5.97. The Morgan fingerprint density at radius 2 is 1.17 bits per heavy atom. The molecule has 4 aromatic rings. The van der Waals surface area contributed by atoms with E-state index in [2.05, 4.69) is 95.1 Å². The molecule has 111 heavy (non-hydrogen) atoms. The maximum atomic E-state index is 12.6. The van der Waals surface area contributed by atoms with Gasteiger partial charge in [-0.1, -0.05) is 73.9 Å². The fourth-order valence-electron chi connectivity index (χ4n) is 10.5. The molecule has 0 saturated carbocycles. The number of imidazole rings is 2. The van der Waals surface area contributed by atoms with Gasteiger partial charge in [-0.2, -0.15) is 0 Å². The molecule has 3 aromatic heterocycles. The minimum Gasteiger partial charge on any atom is -0.497 e. The lowest BCUT2D eigenvalue weighted by Crippen LogP contribution is -2.37. The molecule has 0 radical (unpaired) electrons. The number of nitrogens with zero attached hydrogens (tertiary/aromatic N) is 15. The standard InChI is InChI=1S/C67H99N23O19S2/c1-8-31(4)52(79-34(7)93)65(108)87-47-27-111-110-26-46(63(106)89-53(32(5)91)55(69)98)86-57(100)40(14-11-17-74-67(70)71)81-60(103)44(20-37-24-73-29-78-37)84-59(102)43(19-36-23-72-28-77-36)80-49(95)25-76-56(99)42(18-35-22-75-39-13-10-9-12-38(35)39)83-61(104)45(21-50(96)97)85-58(101)41(15-16-48(68)94)82-66(109)54(33(6)92)90-64(107)51(30(2)3)88-62(47)105/h9-10,12-13,22-24,28-33,40-47,51-54,75,91-92H,8,11,14-21,25-27H2,1-7H3,(H2,68,94)(H2,69,98)(H,72,77)(H,73,78)(H,76,99)(H,79,93)(H,80,95)(H,81,103)(H,82,109)(H,83,104)(H,84,102)(H,85,101)(H,86,100)(H,87,108)(H,88,105)(H,89,106)(H,90,107)(H,96,97)(H4,70,71,74). The average molecular weight is 1590 g/mol. The molecule has 44 heteroatoms. The number of hydrogen-bond acceptors (Lipinski definition) is 23. The fraction of sp³-hybridized carbons (Fsp3) is 0.537. The van der Waals surface area contributed by atoms with Gasteiger partial charge in [0.25, 0.3) is 0 Å². The smallest absolute Gasteiger partial charge is 0.306 e.